The summed E-state index contributed by atoms with van der Waals surface area (Å²) in [5.41, 5.74) is 2.89. The van der Waals surface area contributed by atoms with Crippen molar-refractivity contribution in [1.82, 2.24) is 9.47 Å². The zero-order valence-corrected chi connectivity index (χ0v) is 15.5. The first kappa shape index (κ1) is 17.8. The highest BCUT2D eigenvalue weighted by atomic mass is 16.5. The van der Waals surface area contributed by atoms with E-state index in [1.807, 2.05) is 59.6 Å². The third kappa shape index (κ3) is 3.75. The fraction of sp³-hybridized carbons (Fsp3) is 0.318. The van der Waals surface area contributed by atoms with E-state index in [2.05, 4.69) is 10.6 Å². The third-order valence-corrected chi connectivity index (χ3v) is 5.08. The normalized spacial score (nSPS) is 17.4. The van der Waals surface area contributed by atoms with Gasteiger partial charge >= 0.3 is 0 Å². The van der Waals surface area contributed by atoms with Gasteiger partial charge in [0, 0.05) is 37.5 Å². The third-order valence-electron chi connectivity index (χ3n) is 5.08. The largest absolute Gasteiger partial charge is 0.383 e. The van der Waals surface area contributed by atoms with E-state index in [1.54, 1.807) is 7.11 Å². The van der Waals surface area contributed by atoms with Crippen LogP contribution in [0, 0.1) is 0 Å². The predicted octanol–water partition coefficient (Wildman–Crippen LogP) is 3.50. The molecule has 5 nitrogen and oxygen atoms in total. The van der Waals surface area contributed by atoms with Gasteiger partial charge in [0.25, 0.3) is 5.91 Å². The minimum absolute atomic E-state index is 0.0561. The Hall–Kier alpha value is -2.63. The average Bonchev–Trinajstić information content (AvgIpc) is 3.14. The van der Waals surface area contributed by atoms with Crippen LogP contribution in [-0.4, -0.2) is 48.8 Å². The zero-order valence-electron chi connectivity index (χ0n) is 15.5. The van der Waals surface area contributed by atoms with Crippen LogP contribution >= 0.6 is 0 Å². The second-order valence-corrected chi connectivity index (χ2v) is 6.80. The molecular formula is C22H24N2O3. The number of hydrogen-bond donors (Lipinski definition) is 0. The Morgan fingerprint density at radius 3 is 2.85 bits per heavy atom. The summed E-state index contributed by atoms with van der Waals surface area (Å²) in [7, 11) is 1.70. The van der Waals surface area contributed by atoms with Crippen LogP contribution < -0.4 is 0 Å². The van der Waals surface area contributed by atoms with E-state index in [1.165, 1.54) is 0 Å². The van der Waals surface area contributed by atoms with Crippen molar-refractivity contribution in [2.45, 2.75) is 12.6 Å². The second-order valence-electron chi connectivity index (χ2n) is 6.80. The van der Waals surface area contributed by atoms with E-state index >= 15 is 0 Å². The molecule has 0 N–H and O–H groups in total. The summed E-state index contributed by atoms with van der Waals surface area (Å²) in [5, 5.41) is 1.13. The van der Waals surface area contributed by atoms with Gasteiger partial charge < -0.3 is 18.9 Å². The number of nitrogens with zero attached hydrogens (tertiary/aromatic N) is 2. The minimum Gasteiger partial charge on any atom is -0.383 e. The molecule has 5 heteroatoms. The van der Waals surface area contributed by atoms with Crippen molar-refractivity contribution in [3.63, 3.8) is 0 Å². The van der Waals surface area contributed by atoms with Crippen molar-refractivity contribution in [2.24, 2.45) is 0 Å². The molecule has 0 spiro atoms. The molecule has 1 aromatic heterocycles. The number of rotatable bonds is 5. The average molecular weight is 364 g/mol. The van der Waals surface area contributed by atoms with E-state index in [-0.39, 0.29) is 12.0 Å². The Morgan fingerprint density at radius 2 is 2.04 bits per heavy atom. The Morgan fingerprint density at radius 1 is 1.19 bits per heavy atom. The molecule has 2 aromatic carbocycles. The smallest absolute Gasteiger partial charge is 0.254 e. The lowest BCUT2D eigenvalue weighted by Crippen LogP contribution is -2.42. The first-order valence-electron chi connectivity index (χ1n) is 9.30. The van der Waals surface area contributed by atoms with Crippen molar-refractivity contribution in [1.29, 1.82) is 0 Å². The monoisotopic (exact) mass is 364 g/mol. The van der Waals surface area contributed by atoms with E-state index in [0.29, 0.717) is 31.9 Å². The molecule has 1 aliphatic heterocycles. The van der Waals surface area contributed by atoms with Gasteiger partial charge in [-0.3, -0.25) is 4.79 Å². The number of morpholine rings is 1. The SMILES string of the molecule is COCCn1ccc2ccc(C(=O)N3CCO[C@@H](c4ccccc4)C3)cc21. The number of hydrogen-bond acceptors (Lipinski definition) is 3. The molecule has 0 aliphatic carbocycles. The van der Waals surface area contributed by atoms with Crippen LogP contribution in [0.5, 0.6) is 0 Å². The van der Waals surface area contributed by atoms with Gasteiger partial charge in [0.1, 0.15) is 6.10 Å². The number of aromatic nitrogens is 1. The molecule has 1 aliphatic rings. The van der Waals surface area contributed by atoms with Gasteiger partial charge in [0.15, 0.2) is 0 Å². The van der Waals surface area contributed by atoms with Crippen molar-refractivity contribution < 1.29 is 14.3 Å². The molecule has 1 fully saturated rings. The second kappa shape index (κ2) is 7.94. The predicted molar refractivity (Wildman–Crippen MR) is 105 cm³/mol. The lowest BCUT2D eigenvalue weighted by molar-refractivity contribution is -0.0228. The van der Waals surface area contributed by atoms with E-state index in [4.69, 9.17) is 9.47 Å². The Kier molecular flexibility index (Phi) is 5.23. The molecule has 1 amide bonds. The van der Waals surface area contributed by atoms with Gasteiger partial charge in [0.05, 0.1) is 19.8 Å². The maximum atomic E-state index is 13.1. The van der Waals surface area contributed by atoms with E-state index in [0.717, 1.165) is 23.0 Å². The van der Waals surface area contributed by atoms with Gasteiger partial charge in [-0.15, -0.1) is 0 Å². The van der Waals surface area contributed by atoms with Crippen LogP contribution in [0.4, 0.5) is 0 Å². The molecule has 2 heterocycles. The van der Waals surface area contributed by atoms with Crippen LogP contribution in [0.3, 0.4) is 0 Å². The van der Waals surface area contributed by atoms with Gasteiger partial charge in [-0.25, -0.2) is 0 Å². The van der Waals surface area contributed by atoms with Gasteiger partial charge in [-0.05, 0) is 29.1 Å². The fourth-order valence-electron chi connectivity index (χ4n) is 3.59. The van der Waals surface area contributed by atoms with Crippen LogP contribution in [0.1, 0.15) is 22.0 Å². The maximum Gasteiger partial charge on any atom is 0.254 e. The minimum atomic E-state index is -0.0711. The summed E-state index contributed by atoms with van der Waals surface area (Å²) in [5.74, 6) is 0.0561. The summed E-state index contributed by atoms with van der Waals surface area (Å²) >= 11 is 0. The Bertz CT molecular complexity index is 920. The van der Waals surface area contributed by atoms with Crippen LogP contribution in [0.15, 0.2) is 60.8 Å². The van der Waals surface area contributed by atoms with Crippen LogP contribution in [0.2, 0.25) is 0 Å². The number of methoxy groups -OCH3 is 1. The standard InChI is InChI=1S/C22H24N2O3/c1-26-13-11-23-10-9-17-7-8-19(15-20(17)23)22(25)24-12-14-27-21(16-24)18-5-3-2-4-6-18/h2-10,15,21H,11-14,16H2,1H3/t21-/m1/s1. The van der Waals surface area contributed by atoms with Crippen molar-refractivity contribution in [3.05, 3.63) is 71.9 Å². The molecule has 0 bridgehead atoms. The number of carbonyl (C=O) groups is 1. The number of benzene rings is 2. The summed E-state index contributed by atoms with van der Waals surface area (Å²) in [6.07, 6.45) is 1.97. The lowest BCUT2D eigenvalue weighted by Gasteiger charge is -2.33. The van der Waals surface area contributed by atoms with Crippen molar-refractivity contribution in [3.8, 4) is 0 Å². The summed E-state index contributed by atoms with van der Waals surface area (Å²) < 4.78 is 13.2. The highest BCUT2D eigenvalue weighted by molar-refractivity contribution is 5.98. The van der Waals surface area contributed by atoms with Crippen molar-refractivity contribution in [2.75, 3.05) is 33.4 Å². The molecule has 0 unspecified atom stereocenters. The first-order chi connectivity index (χ1) is 13.3. The summed E-state index contributed by atoms with van der Waals surface area (Å²) in [6, 6.07) is 18.1. The molecular weight excluding hydrogens is 340 g/mol. The Labute approximate surface area is 159 Å². The highest BCUT2D eigenvalue weighted by Crippen LogP contribution is 2.24. The molecule has 27 heavy (non-hydrogen) atoms. The molecule has 1 atom stereocenters. The fourth-order valence-corrected chi connectivity index (χ4v) is 3.59. The molecule has 4 rings (SSSR count). The first-order valence-corrected chi connectivity index (χ1v) is 9.30. The van der Waals surface area contributed by atoms with Gasteiger partial charge in [0.2, 0.25) is 0 Å². The number of carbonyl (C=O) groups excluding carboxylic acids is 1. The summed E-state index contributed by atoms with van der Waals surface area (Å²) in [4.78, 5) is 15.0. The quantitative estimate of drug-likeness (QED) is 0.696. The molecule has 0 saturated carbocycles. The number of amides is 1. The van der Waals surface area contributed by atoms with Crippen LogP contribution in [0.25, 0.3) is 10.9 Å². The summed E-state index contributed by atoms with van der Waals surface area (Å²) in [6.45, 7) is 3.16. The van der Waals surface area contributed by atoms with Gasteiger partial charge in [-0.2, -0.15) is 0 Å². The molecule has 1 saturated heterocycles. The molecule has 0 radical (unpaired) electrons. The topological polar surface area (TPSA) is 43.7 Å². The van der Waals surface area contributed by atoms with E-state index < -0.39 is 0 Å². The van der Waals surface area contributed by atoms with Crippen molar-refractivity contribution >= 4 is 16.8 Å². The van der Waals surface area contributed by atoms with Crippen LogP contribution in [-0.2, 0) is 16.0 Å². The maximum absolute atomic E-state index is 13.1. The highest BCUT2D eigenvalue weighted by Gasteiger charge is 2.26. The van der Waals surface area contributed by atoms with E-state index in [9.17, 15) is 4.79 Å². The molecule has 3 aromatic rings. The number of fused-ring (bicyclic) bond motifs is 1. The zero-order chi connectivity index (χ0) is 18.6. The number of ether oxygens (including phenoxy) is 2. The lowest BCUT2D eigenvalue weighted by atomic mass is 10.1. The Balaban J connectivity index is 1.54. The molecule has 140 valence electrons. The van der Waals surface area contributed by atoms with Gasteiger partial charge in [-0.1, -0.05) is 36.4 Å².